The molecule has 0 aliphatic heterocycles. The molecule has 3 amide bonds. The van der Waals surface area contributed by atoms with Gasteiger partial charge in [-0.05, 0) is 32.0 Å². The second-order valence-corrected chi connectivity index (χ2v) is 4.27. The first-order valence-corrected chi connectivity index (χ1v) is 5.99. The van der Waals surface area contributed by atoms with Gasteiger partial charge in [0.2, 0.25) is 0 Å². The number of nitrogens with one attached hydrogen (secondary N) is 3. The number of carbonyl (C=O) groups is 3. The normalized spacial score (nSPS) is 9.80. The predicted octanol–water partition coefficient (Wildman–Crippen LogP) is -0.0192. The molecule has 0 saturated heterocycles. The molecule has 7 heteroatoms. The molecule has 1 rings (SSSR count). The Bertz CT molecular complexity index is 514. The van der Waals surface area contributed by atoms with Crippen molar-refractivity contribution in [3.8, 4) is 5.75 Å². The summed E-state index contributed by atoms with van der Waals surface area (Å²) in [6, 6.07) is 6.22. The number of hydrazine groups is 1. The van der Waals surface area contributed by atoms with Crippen LogP contribution in [0.1, 0.15) is 24.2 Å². The van der Waals surface area contributed by atoms with Crippen LogP contribution in [0.5, 0.6) is 5.75 Å². The number of amides is 3. The van der Waals surface area contributed by atoms with Gasteiger partial charge >= 0.3 is 11.8 Å². The molecule has 0 saturated carbocycles. The highest BCUT2D eigenvalue weighted by atomic mass is 16.5. The summed E-state index contributed by atoms with van der Waals surface area (Å²) in [6.07, 6.45) is 0. The molecule has 0 aliphatic carbocycles. The standard InChI is InChI=1S/C13H17N3O4/c1-8(2)14-12(18)13(19)16-15-11(17)9-5-4-6-10(7-9)20-3/h4-8H,1-3H3,(H,14,18)(H,15,17)(H,16,19). The Morgan fingerprint density at radius 1 is 1.10 bits per heavy atom. The van der Waals surface area contributed by atoms with Crippen LogP contribution < -0.4 is 20.9 Å². The van der Waals surface area contributed by atoms with Crippen LogP contribution in [0.15, 0.2) is 24.3 Å². The first-order valence-electron chi connectivity index (χ1n) is 5.99. The summed E-state index contributed by atoms with van der Waals surface area (Å²) in [6.45, 7) is 3.44. The predicted molar refractivity (Wildman–Crippen MR) is 71.9 cm³/mol. The lowest BCUT2D eigenvalue weighted by Crippen LogP contribution is -2.49. The quantitative estimate of drug-likeness (QED) is 0.535. The van der Waals surface area contributed by atoms with E-state index in [4.69, 9.17) is 4.74 Å². The summed E-state index contributed by atoms with van der Waals surface area (Å²) in [7, 11) is 1.48. The van der Waals surface area contributed by atoms with Crippen molar-refractivity contribution in [1.29, 1.82) is 0 Å². The minimum atomic E-state index is -0.935. The summed E-state index contributed by atoms with van der Waals surface area (Å²) in [5.41, 5.74) is 4.48. The molecule has 1 aromatic carbocycles. The van der Waals surface area contributed by atoms with Crippen LogP contribution in [0.3, 0.4) is 0 Å². The molecule has 0 unspecified atom stereocenters. The van der Waals surface area contributed by atoms with Crippen molar-refractivity contribution >= 4 is 17.7 Å². The molecule has 0 bridgehead atoms. The Hall–Kier alpha value is -2.57. The fourth-order valence-electron chi connectivity index (χ4n) is 1.33. The number of ether oxygens (including phenoxy) is 1. The molecule has 0 atom stereocenters. The van der Waals surface area contributed by atoms with E-state index in [0.29, 0.717) is 11.3 Å². The SMILES string of the molecule is COc1cccc(C(=O)NNC(=O)C(=O)NC(C)C)c1. The average Bonchev–Trinajstić information content (AvgIpc) is 2.43. The maximum Gasteiger partial charge on any atom is 0.327 e. The van der Waals surface area contributed by atoms with Crippen LogP contribution in [-0.2, 0) is 9.59 Å². The molecule has 0 fully saturated rings. The number of hydrogen-bond acceptors (Lipinski definition) is 4. The molecule has 0 aromatic heterocycles. The minimum absolute atomic E-state index is 0.165. The van der Waals surface area contributed by atoms with Gasteiger partial charge in [-0.3, -0.25) is 25.2 Å². The van der Waals surface area contributed by atoms with Crippen LogP contribution >= 0.6 is 0 Å². The van der Waals surface area contributed by atoms with Gasteiger partial charge in [0.25, 0.3) is 5.91 Å². The minimum Gasteiger partial charge on any atom is -0.497 e. The molecule has 20 heavy (non-hydrogen) atoms. The van der Waals surface area contributed by atoms with E-state index in [2.05, 4.69) is 10.7 Å². The smallest absolute Gasteiger partial charge is 0.327 e. The van der Waals surface area contributed by atoms with E-state index in [9.17, 15) is 14.4 Å². The second-order valence-electron chi connectivity index (χ2n) is 4.27. The zero-order chi connectivity index (χ0) is 15.1. The van der Waals surface area contributed by atoms with Gasteiger partial charge in [-0.15, -0.1) is 0 Å². The largest absolute Gasteiger partial charge is 0.497 e. The Morgan fingerprint density at radius 3 is 2.40 bits per heavy atom. The number of rotatable bonds is 3. The zero-order valence-electron chi connectivity index (χ0n) is 11.5. The topological polar surface area (TPSA) is 96.5 Å². The summed E-state index contributed by atoms with van der Waals surface area (Å²) >= 11 is 0. The maximum absolute atomic E-state index is 11.7. The molecule has 0 radical (unpaired) electrons. The lowest BCUT2D eigenvalue weighted by Gasteiger charge is -2.10. The first-order chi connectivity index (χ1) is 9.43. The van der Waals surface area contributed by atoms with E-state index in [1.807, 2.05) is 5.43 Å². The van der Waals surface area contributed by atoms with E-state index in [-0.39, 0.29) is 6.04 Å². The van der Waals surface area contributed by atoms with Gasteiger partial charge in [0.1, 0.15) is 5.75 Å². The van der Waals surface area contributed by atoms with Crippen molar-refractivity contribution in [1.82, 2.24) is 16.2 Å². The van der Waals surface area contributed by atoms with Crippen molar-refractivity contribution in [2.75, 3.05) is 7.11 Å². The fraction of sp³-hybridized carbons (Fsp3) is 0.308. The average molecular weight is 279 g/mol. The molecule has 7 nitrogen and oxygen atoms in total. The van der Waals surface area contributed by atoms with E-state index >= 15 is 0 Å². The molecule has 0 spiro atoms. The number of methoxy groups -OCH3 is 1. The van der Waals surface area contributed by atoms with E-state index < -0.39 is 17.7 Å². The summed E-state index contributed by atoms with van der Waals surface area (Å²) in [4.78, 5) is 34.4. The number of carbonyl (C=O) groups excluding carboxylic acids is 3. The maximum atomic E-state index is 11.7. The monoisotopic (exact) mass is 279 g/mol. The molecule has 3 N–H and O–H groups in total. The van der Waals surface area contributed by atoms with Crippen LogP contribution in [-0.4, -0.2) is 30.9 Å². The van der Waals surface area contributed by atoms with Crippen molar-refractivity contribution < 1.29 is 19.1 Å². The van der Waals surface area contributed by atoms with E-state index in [1.165, 1.54) is 13.2 Å². The van der Waals surface area contributed by atoms with Crippen LogP contribution in [0.4, 0.5) is 0 Å². The first kappa shape index (κ1) is 15.5. The number of benzene rings is 1. The molecule has 108 valence electrons. The molecule has 1 aromatic rings. The van der Waals surface area contributed by atoms with Gasteiger partial charge in [0, 0.05) is 11.6 Å². The third-order valence-electron chi connectivity index (χ3n) is 2.25. The van der Waals surface area contributed by atoms with Gasteiger partial charge < -0.3 is 10.1 Å². The van der Waals surface area contributed by atoms with Crippen molar-refractivity contribution in [3.63, 3.8) is 0 Å². The highest BCUT2D eigenvalue weighted by molar-refractivity contribution is 6.35. The van der Waals surface area contributed by atoms with Crippen LogP contribution in [0.25, 0.3) is 0 Å². The van der Waals surface area contributed by atoms with Crippen molar-refractivity contribution in [3.05, 3.63) is 29.8 Å². The van der Waals surface area contributed by atoms with E-state index in [1.54, 1.807) is 32.0 Å². The lowest BCUT2D eigenvalue weighted by atomic mass is 10.2. The highest BCUT2D eigenvalue weighted by Gasteiger charge is 2.15. The molecular weight excluding hydrogens is 262 g/mol. The third kappa shape index (κ3) is 4.60. The van der Waals surface area contributed by atoms with E-state index in [0.717, 1.165) is 0 Å². The fourth-order valence-corrected chi connectivity index (χ4v) is 1.33. The van der Waals surface area contributed by atoms with Gasteiger partial charge in [0.15, 0.2) is 0 Å². The molecular formula is C13H17N3O4. The second kappa shape index (κ2) is 7.13. The zero-order valence-corrected chi connectivity index (χ0v) is 11.5. The van der Waals surface area contributed by atoms with Gasteiger partial charge in [-0.25, -0.2) is 0 Å². The summed E-state index contributed by atoms with van der Waals surface area (Å²) in [5, 5.41) is 2.40. The number of hydrogen-bond donors (Lipinski definition) is 3. The van der Waals surface area contributed by atoms with Gasteiger partial charge in [-0.1, -0.05) is 6.07 Å². The Kier molecular flexibility index (Phi) is 5.52. The van der Waals surface area contributed by atoms with Crippen molar-refractivity contribution in [2.24, 2.45) is 0 Å². The Morgan fingerprint density at radius 2 is 1.80 bits per heavy atom. The summed E-state index contributed by atoms with van der Waals surface area (Å²) < 4.78 is 4.98. The third-order valence-corrected chi connectivity index (χ3v) is 2.25. The Balaban J connectivity index is 2.54. The van der Waals surface area contributed by atoms with Crippen LogP contribution in [0.2, 0.25) is 0 Å². The Labute approximate surface area is 116 Å². The molecule has 0 heterocycles. The van der Waals surface area contributed by atoms with Crippen LogP contribution in [0, 0.1) is 0 Å². The lowest BCUT2D eigenvalue weighted by molar-refractivity contribution is -0.139. The molecule has 0 aliphatic rings. The summed E-state index contributed by atoms with van der Waals surface area (Å²) in [5.74, 6) is -1.78. The van der Waals surface area contributed by atoms with Crippen molar-refractivity contribution in [2.45, 2.75) is 19.9 Å². The van der Waals surface area contributed by atoms with Gasteiger partial charge in [0.05, 0.1) is 7.11 Å². The highest BCUT2D eigenvalue weighted by Crippen LogP contribution is 2.11. The van der Waals surface area contributed by atoms with Gasteiger partial charge in [-0.2, -0.15) is 0 Å².